The lowest BCUT2D eigenvalue weighted by Gasteiger charge is -2.32. The second kappa shape index (κ2) is 6.18. The third kappa shape index (κ3) is 3.83. The van der Waals surface area contributed by atoms with Crippen molar-refractivity contribution in [1.29, 1.82) is 0 Å². The molecule has 0 spiro atoms. The van der Waals surface area contributed by atoms with E-state index in [1.807, 2.05) is 0 Å². The van der Waals surface area contributed by atoms with Crippen molar-refractivity contribution in [2.24, 2.45) is 0 Å². The minimum absolute atomic E-state index is 0.0261. The molecule has 0 atom stereocenters. The van der Waals surface area contributed by atoms with E-state index in [1.54, 1.807) is 0 Å². The van der Waals surface area contributed by atoms with E-state index in [0.717, 1.165) is 0 Å². The van der Waals surface area contributed by atoms with Crippen LogP contribution < -0.4 is 0 Å². The number of piperazine rings is 1. The van der Waals surface area contributed by atoms with E-state index in [0.29, 0.717) is 26.2 Å². The molecular formula is C9H18N2O5S. The van der Waals surface area contributed by atoms with Crippen LogP contribution in [0.4, 0.5) is 4.79 Å². The predicted molar refractivity (Wildman–Crippen MR) is 61.2 cm³/mol. The van der Waals surface area contributed by atoms with E-state index in [2.05, 4.69) is 4.74 Å². The maximum absolute atomic E-state index is 11.8. The monoisotopic (exact) mass is 266 g/mol. The fourth-order valence-corrected chi connectivity index (χ4v) is 2.95. The number of carbonyl (C=O) groups excluding carboxylic acids is 1. The Bertz CT molecular complexity index is 348. The Morgan fingerprint density at radius 1 is 1.18 bits per heavy atom. The number of carbonyl (C=O) groups is 1. The summed E-state index contributed by atoms with van der Waals surface area (Å²) in [6.45, 7) is 1.51. The van der Waals surface area contributed by atoms with Gasteiger partial charge in [-0.2, -0.15) is 4.31 Å². The molecule has 17 heavy (non-hydrogen) atoms. The van der Waals surface area contributed by atoms with Crippen LogP contribution in [-0.4, -0.2) is 76.5 Å². The smallest absolute Gasteiger partial charge is 0.409 e. The zero-order valence-corrected chi connectivity index (χ0v) is 10.9. The Hall–Kier alpha value is -0.860. The highest BCUT2D eigenvalue weighted by Gasteiger charge is 2.28. The van der Waals surface area contributed by atoms with Crippen LogP contribution in [0.25, 0.3) is 0 Å². The largest absolute Gasteiger partial charge is 0.453 e. The Balaban J connectivity index is 2.49. The van der Waals surface area contributed by atoms with Crippen LogP contribution in [0.3, 0.4) is 0 Å². The van der Waals surface area contributed by atoms with Gasteiger partial charge in [0.2, 0.25) is 10.0 Å². The van der Waals surface area contributed by atoms with Crippen LogP contribution >= 0.6 is 0 Å². The first-order valence-electron chi connectivity index (χ1n) is 5.31. The fourth-order valence-electron chi connectivity index (χ4n) is 1.60. The molecule has 0 aromatic carbocycles. The molecule has 0 aromatic heterocycles. The van der Waals surface area contributed by atoms with Gasteiger partial charge in [0.25, 0.3) is 0 Å². The number of methoxy groups -OCH3 is 2. The molecule has 0 aliphatic carbocycles. The van der Waals surface area contributed by atoms with Crippen LogP contribution in [0.1, 0.15) is 0 Å². The molecule has 1 rings (SSSR count). The van der Waals surface area contributed by atoms with E-state index >= 15 is 0 Å². The molecule has 7 nitrogen and oxygen atoms in total. The quantitative estimate of drug-likeness (QED) is 0.675. The van der Waals surface area contributed by atoms with Crippen LogP contribution in [0.15, 0.2) is 0 Å². The number of hydrogen-bond acceptors (Lipinski definition) is 5. The molecule has 1 saturated heterocycles. The average molecular weight is 266 g/mol. The first-order chi connectivity index (χ1) is 8.01. The summed E-state index contributed by atoms with van der Waals surface area (Å²) in [5.41, 5.74) is 0. The third-order valence-corrected chi connectivity index (χ3v) is 4.44. The van der Waals surface area contributed by atoms with Crippen molar-refractivity contribution < 1.29 is 22.7 Å². The van der Waals surface area contributed by atoms with Crippen LogP contribution in [0.2, 0.25) is 0 Å². The lowest BCUT2D eigenvalue weighted by molar-refractivity contribution is 0.107. The first-order valence-corrected chi connectivity index (χ1v) is 6.92. The highest BCUT2D eigenvalue weighted by molar-refractivity contribution is 7.89. The first kappa shape index (κ1) is 14.2. The summed E-state index contributed by atoms with van der Waals surface area (Å²) in [6.07, 6.45) is -0.418. The van der Waals surface area contributed by atoms with Gasteiger partial charge in [-0.15, -0.1) is 0 Å². The van der Waals surface area contributed by atoms with Gasteiger partial charge in [-0.3, -0.25) is 0 Å². The number of hydrogen-bond donors (Lipinski definition) is 0. The molecular weight excluding hydrogens is 248 g/mol. The van der Waals surface area contributed by atoms with Gasteiger partial charge in [-0.05, 0) is 0 Å². The van der Waals surface area contributed by atoms with Gasteiger partial charge in [-0.1, -0.05) is 0 Å². The maximum atomic E-state index is 11.8. The molecule has 1 aliphatic rings. The van der Waals surface area contributed by atoms with Crippen molar-refractivity contribution >= 4 is 16.1 Å². The fraction of sp³-hybridized carbons (Fsp3) is 0.889. The van der Waals surface area contributed by atoms with Gasteiger partial charge in [-0.25, -0.2) is 13.2 Å². The minimum Gasteiger partial charge on any atom is -0.453 e. The van der Waals surface area contributed by atoms with Gasteiger partial charge in [0.1, 0.15) is 0 Å². The summed E-state index contributed by atoms with van der Waals surface area (Å²) < 4.78 is 34.3. The van der Waals surface area contributed by atoms with Crippen molar-refractivity contribution in [3.05, 3.63) is 0 Å². The molecule has 1 amide bonds. The Morgan fingerprint density at radius 3 is 2.24 bits per heavy atom. The molecule has 1 fully saturated rings. The van der Waals surface area contributed by atoms with Crippen molar-refractivity contribution in [1.82, 2.24) is 9.21 Å². The van der Waals surface area contributed by atoms with E-state index in [-0.39, 0.29) is 12.4 Å². The van der Waals surface area contributed by atoms with Crippen molar-refractivity contribution in [2.75, 3.05) is 52.8 Å². The van der Waals surface area contributed by atoms with Gasteiger partial charge < -0.3 is 14.4 Å². The minimum atomic E-state index is -3.27. The zero-order chi connectivity index (χ0) is 12.9. The number of ether oxygens (including phenoxy) is 2. The summed E-state index contributed by atoms with van der Waals surface area (Å²) in [7, 11) is -0.499. The van der Waals surface area contributed by atoms with Crippen LogP contribution in [0, 0.1) is 0 Å². The van der Waals surface area contributed by atoms with Gasteiger partial charge in [0, 0.05) is 33.3 Å². The molecule has 1 aliphatic heterocycles. The zero-order valence-electron chi connectivity index (χ0n) is 10.1. The van der Waals surface area contributed by atoms with Crippen molar-refractivity contribution in [2.45, 2.75) is 0 Å². The lowest BCUT2D eigenvalue weighted by atomic mass is 10.4. The number of rotatable bonds is 4. The van der Waals surface area contributed by atoms with Gasteiger partial charge >= 0.3 is 6.09 Å². The second-order valence-electron chi connectivity index (χ2n) is 3.66. The molecule has 8 heteroatoms. The molecule has 0 unspecified atom stereocenters. The topological polar surface area (TPSA) is 76.2 Å². The Kier molecular flexibility index (Phi) is 5.16. The molecule has 0 bridgehead atoms. The van der Waals surface area contributed by atoms with E-state index in [9.17, 15) is 13.2 Å². The lowest BCUT2D eigenvalue weighted by Crippen LogP contribution is -2.51. The average Bonchev–Trinajstić information content (AvgIpc) is 2.35. The predicted octanol–water partition coefficient (Wildman–Crippen LogP) is -0.653. The number of nitrogens with zero attached hydrogens (tertiary/aromatic N) is 2. The normalized spacial score (nSPS) is 18.1. The summed E-state index contributed by atoms with van der Waals surface area (Å²) >= 11 is 0. The molecule has 0 N–H and O–H groups in total. The van der Waals surface area contributed by atoms with E-state index < -0.39 is 16.1 Å². The molecule has 0 radical (unpaired) electrons. The molecule has 0 saturated carbocycles. The van der Waals surface area contributed by atoms with Crippen molar-refractivity contribution in [3.63, 3.8) is 0 Å². The summed E-state index contributed by atoms with van der Waals surface area (Å²) in [5, 5.41) is 0. The summed E-state index contributed by atoms with van der Waals surface area (Å²) in [4.78, 5) is 12.7. The highest BCUT2D eigenvalue weighted by Crippen LogP contribution is 2.08. The van der Waals surface area contributed by atoms with Crippen LogP contribution in [-0.2, 0) is 19.5 Å². The number of amides is 1. The summed E-state index contributed by atoms with van der Waals surface area (Å²) in [5.74, 6) is -0.0261. The van der Waals surface area contributed by atoms with Crippen molar-refractivity contribution in [3.8, 4) is 0 Å². The Labute approximate surface area is 101 Å². The van der Waals surface area contributed by atoms with E-state index in [4.69, 9.17) is 4.74 Å². The maximum Gasteiger partial charge on any atom is 0.409 e. The molecule has 100 valence electrons. The van der Waals surface area contributed by atoms with Gasteiger partial charge in [0.05, 0.1) is 19.5 Å². The third-order valence-electron chi connectivity index (χ3n) is 2.61. The standard InChI is InChI=1S/C9H18N2O5S/c1-15-7-8-17(13,14)11-5-3-10(4-6-11)9(12)16-2/h3-8H2,1-2H3. The van der Waals surface area contributed by atoms with Crippen LogP contribution in [0.5, 0.6) is 0 Å². The SMILES string of the molecule is COCCS(=O)(=O)N1CCN(C(=O)OC)CC1. The summed E-state index contributed by atoms with van der Waals surface area (Å²) in [6, 6.07) is 0. The highest BCUT2D eigenvalue weighted by atomic mass is 32.2. The Morgan fingerprint density at radius 2 is 1.76 bits per heavy atom. The number of sulfonamides is 1. The molecule has 1 heterocycles. The second-order valence-corrected chi connectivity index (χ2v) is 5.75. The van der Waals surface area contributed by atoms with Gasteiger partial charge in [0.15, 0.2) is 0 Å². The molecule has 0 aromatic rings. The van der Waals surface area contributed by atoms with E-state index in [1.165, 1.54) is 23.4 Å².